The molecule has 2 heterocycles. The zero-order chi connectivity index (χ0) is 11.1. The Kier molecular flexibility index (Phi) is 4.02. The molecule has 6 heteroatoms. The van der Waals surface area contributed by atoms with E-state index in [1.165, 1.54) is 12.3 Å². The Hall–Kier alpha value is -1.66. The normalized spacial score (nSPS) is 10.2. The van der Waals surface area contributed by atoms with Crippen molar-refractivity contribution < 1.29 is 8.42 Å². The monoisotopic (exact) mass is 225 g/mol. The first-order valence-electron chi connectivity index (χ1n) is 4.12. The van der Waals surface area contributed by atoms with E-state index in [9.17, 15) is 8.42 Å². The average Bonchev–Trinajstić information content (AvgIpc) is 2.76. The maximum absolute atomic E-state index is 10.5. The minimum Gasteiger partial charge on any atom is -0.368 e. The molecule has 5 nitrogen and oxygen atoms in total. The number of rotatable bonds is 1. The van der Waals surface area contributed by atoms with Gasteiger partial charge in [0.2, 0.25) is 0 Å². The van der Waals surface area contributed by atoms with Gasteiger partial charge in [-0.2, -0.15) is 0 Å². The van der Waals surface area contributed by atoms with E-state index in [0.717, 1.165) is 0 Å². The third-order valence-electron chi connectivity index (χ3n) is 1.43. The number of nitrogens with two attached hydrogens (primary N) is 1. The van der Waals surface area contributed by atoms with Crippen LogP contribution < -0.4 is 5.14 Å². The van der Waals surface area contributed by atoms with Crippen molar-refractivity contribution in [2.24, 2.45) is 5.14 Å². The molecule has 3 N–H and O–H groups in total. The molecule has 2 aromatic heterocycles. The lowest BCUT2D eigenvalue weighted by molar-refractivity contribution is 0.594. The Balaban J connectivity index is 0.000000187. The first-order chi connectivity index (χ1) is 7.11. The van der Waals surface area contributed by atoms with Gasteiger partial charge in [-0.15, -0.1) is 0 Å². The Morgan fingerprint density at radius 1 is 1.13 bits per heavy atom. The number of nitrogens with zero attached hydrogens (tertiary/aromatic N) is 1. The van der Waals surface area contributed by atoms with Crippen molar-refractivity contribution in [3.63, 3.8) is 0 Å². The second-order valence-electron chi connectivity index (χ2n) is 2.60. The van der Waals surface area contributed by atoms with Crippen molar-refractivity contribution in [3.8, 4) is 0 Å². The van der Waals surface area contributed by atoms with Gasteiger partial charge >= 0.3 is 0 Å². The molecule has 0 aliphatic carbocycles. The number of hydrogen-bond acceptors (Lipinski definition) is 3. The quantitative estimate of drug-likeness (QED) is 0.750. The van der Waals surface area contributed by atoms with Crippen LogP contribution in [0.5, 0.6) is 0 Å². The highest BCUT2D eigenvalue weighted by Gasteiger charge is 2.05. The third kappa shape index (κ3) is 4.39. The Bertz CT molecular complexity index is 448. The molecule has 0 aliphatic heterocycles. The predicted octanol–water partition coefficient (Wildman–Crippen LogP) is 0.744. The molecule has 0 bridgehead atoms. The van der Waals surface area contributed by atoms with E-state index in [2.05, 4.69) is 9.97 Å². The van der Waals surface area contributed by atoms with E-state index < -0.39 is 10.0 Å². The van der Waals surface area contributed by atoms with Crippen molar-refractivity contribution in [3.05, 3.63) is 48.9 Å². The number of nitrogens with one attached hydrogen (secondary N) is 1. The fraction of sp³-hybridized carbons (Fsp3) is 0. The molecule has 0 amide bonds. The molecular formula is C9H11N3O2S. The van der Waals surface area contributed by atoms with Crippen molar-refractivity contribution >= 4 is 10.0 Å². The van der Waals surface area contributed by atoms with E-state index in [-0.39, 0.29) is 5.03 Å². The molecule has 0 aromatic carbocycles. The third-order valence-corrected chi connectivity index (χ3v) is 2.25. The van der Waals surface area contributed by atoms with Gasteiger partial charge in [-0.25, -0.2) is 18.5 Å². The van der Waals surface area contributed by atoms with Crippen LogP contribution in [-0.2, 0) is 10.0 Å². The van der Waals surface area contributed by atoms with Gasteiger partial charge in [0.25, 0.3) is 10.0 Å². The van der Waals surface area contributed by atoms with Gasteiger partial charge in [0.1, 0.15) is 0 Å². The molecule has 0 saturated heterocycles. The molecule has 2 aromatic rings. The molecule has 0 unspecified atom stereocenters. The number of H-pyrrole nitrogens is 1. The summed E-state index contributed by atoms with van der Waals surface area (Å²) in [6, 6.07) is 8.41. The van der Waals surface area contributed by atoms with Gasteiger partial charge < -0.3 is 4.98 Å². The number of sulfonamides is 1. The van der Waals surface area contributed by atoms with Gasteiger partial charge in [0, 0.05) is 18.6 Å². The molecular weight excluding hydrogens is 214 g/mol. The smallest absolute Gasteiger partial charge is 0.255 e. The largest absolute Gasteiger partial charge is 0.368 e. The minimum absolute atomic E-state index is 0.102. The number of aromatic amines is 1. The van der Waals surface area contributed by atoms with E-state index in [0.29, 0.717) is 0 Å². The molecule has 0 radical (unpaired) electrons. The zero-order valence-electron chi connectivity index (χ0n) is 7.87. The highest BCUT2D eigenvalue weighted by Crippen LogP contribution is 1.98. The molecule has 0 fully saturated rings. The summed E-state index contributed by atoms with van der Waals surface area (Å²) in [6.07, 6.45) is 5.12. The highest BCUT2D eigenvalue weighted by molar-refractivity contribution is 7.89. The number of pyridine rings is 1. The van der Waals surface area contributed by atoms with Crippen LogP contribution in [0.25, 0.3) is 0 Å². The summed E-state index contributed by atoms with van der Waals surface area (Å²) < 4.78 is 21.1. The van der Waals surface area contributed by atoms with E-state index >= 15 is 0 Å². The number of primary sulfonamides is 1. The fourth-order valence-corrected chi connectivity index (χ4v) is 1.27. The first-order valence-corrected chi connectivity index (χ1v) is 5.67. The summed E-state index contributed by atoms with van der Waals surface area (Å²) in [5.74, 6) is 0. The Morgan fingerprint density at radius 3 is 2.07 bits per heavy atom. The Labute approximate surface area is 88.0 Å². The summed E-state index contributed by atoms with van der Waals surface area (Å²) in [5.41, 5.74) is 0. The summed E-state index contributed by atoms with van der Waals surface area (Å²) in [7, 11) is -3.61. The highest BCUT2D eigenvalue weighted by atomic mass is 32.2. The van der Waals surface area contributed by atoms with E-state index in [1.54, 1.807) is 12.1 Å². The Morgan fingerprint density at radius 2 is 1.80 bits per heavy atom. The minimum atomic E-state index is -3.61. The van der Waals surface area contributed by atoms with Gasteiger partial charge in [-0.1, -0.05) is 6.07 Å². The molecule has 0 atom stereocenters. The topological polar surface area (TPSA) is 88.8 Å². The summed E-state index contributed by atoms with van der Waals surface area (Å²) in [6.45, 7) is 0. The second-order valence-corrected chi connectivity index (χ2v) is 4.11. The van der Waals surface area contributed by atoms with Gasteiger partial charge in [0.05, 0.1) is 0 Å². The van der Waals surface area contributed by atoms with Crippen LogP contribution >= 0.6 is 0 Å². The molecule has 2 rings (SSSR count). The standard InChI is InChI=1S/C5H6N2O2S.C4H5N/c6-10(8,9)5-3-1-2-4-7-5;1-2-4-5-3-1/h1-4H,(H2,6,8,9);1-5H. The molecule has 0 aliphatic rings. The van der Waals surface area contributed by atoms with Gasteiger partial charge in [-0.05, 0) is 24.3 Å². The van der Waals surface area contributed by atoms with Crippen LogP contribution in [-0.4, -0.2) is 18.4 Å². The first kappa shape index (κ1) is 11.4. The number of hydrogen-bond donors (Lipinski definition) is 2. The lowest BCUT2D eigenvalue weighted by Crippen LogP contribution is -2.13. The second kappa shape index (κ2) is 5.28. The van der Waals surface area contributed by atoms with Crippen LogP contribution in [0, 0.1) is 0 Å². The zero-order valence-corrected chi connectivity index (χ0v) is 8.68. The van der Waals surface area contributed by atoms with Crippen LogP contribution in [0.1, 0.15) is 0 Å². The molecule has 0 spiro atoms. The summed E-state index contributed by atoms with van der Waals surface area (Å²) in [4.78, 5) is 6.40. The van der Waals surface area contributed by atoms with Crippen LogP contribution in [0.2, 0.25) is 0 Å². The summed E-state index contributed by atoms with van der Waals surface area (Å²) in [5, 5.41) is 4.66. The maximum Gasteiger partial charge on any atom is 0.255 e. The van der Waals surface area contributed by atoms with Crippen molar-refractivity contribution in [2.45, 2.75) is 5.03 Å². The van der Waals surface area contributed by atoms with Crippen molar-refractivity contribution in [2.75, 3.05) is 0 Å². The molecule has 80 valence electrons. The van der Waals surface area contributed by atoms with Gasteiger partial charge in [0.15, 0.2) is 5.03 Å². The van der Waals surface area contributed by atoms with Crippen molar-refractivity contribution in [1.82, 2.24) is 9.97 Å². The van der Waals surface area contributed by atoms with E-state index in [1.807, 2.05) is 24.5 Å². The summed E-state index contributed by atoms with van der Waals surface area (Å²) >= 11 is 0. The molecule has 0 saturated carbocycles. The SMILES string of the molecule is NS(=O)(=O)c1ccccn1.c1cc[nH]c1. The number of aromatic nitrogens is 2. The lowest BCUT2D eigenvalue weighted by Gasteiger charge is -1.92. The lowest BCUT2D eigenvalue weighted by atomic mass is 10.5. The van der Waals surface area contributed by atoms with E-state index in [4.69, 9.17) is 5.14 Å². The van der Waals surface area contributed by atoms with Crippen LogP contribution in [0.15, 0.2) is 53.9 Å². The van der Waals surface area contributed by atoms with Crippen molar-refractivity contribution in [1.29, 1.82) is 0 Å². The maximum atomic E-state index is 10.5. The van der Waals surface area contributed by atoms with Crippen LogP contribution in [0.4, 0.5) is 0 Å². The fourth-order valence-electron chi connectivity index (χ4n) is 0.793. The van der Waals surface area contributed by atoms with Crippen LogP contribution in [0.3, 0.4) is 0 Å². The average molecular weight is 225 g/mol. The predicted molar refractivity (Wildman–Crippen MR) is 56.4 cm³/mol. The van der Waals surface area contributed by atoms with Gasteiger partial charge in [-0.3, -0.25) is 0 Å². The molecule has 15 heavy (non-hydrogen) atoms.